The Morgan fingerprint density at radius 3 is 2.57 bits per heavy atom. The Hall–Kier alpha value is -2.58. The first-order valence-corrected chi connectivity index (χ1v) is 10.6. The van der Waals surface area contributed by atoms with Crippen molar-refractivity contribution < 1.29 is 13.2 Å². The summed E-state index contributed by atoms with van der Waals surface area (Å²) in [6.07, 6.45) is 5.14. The Bertz CT molecular complexity index is 957. The first-order valence-electron chi connectivity index (χ1n) is 9.20. The summed E-state index contributed by atoms with van der Waals surface area (Å²) in [6, 6.07) is 9.96. The zero-order valence-corrected chi connectivity index (χ0v) is 16.8. The molecule has 1 N–H and O–H groups in total. The molecule has 7 nitrogen and oxygen atoms in total. The number of carbonyl (C=O) groups excluding carboxylic acids is 1. The topological polar surface area (TPSA) is 91.7 Å². The van der Waals surface area contributed by atoms with Crippen molar-refractivity contribution in [2.75, 3.05) is 6.54 Å². The molecule has 3 rings (SSSR count). The molecule has 0 bridgehead atoms. The van der Waals surface area contributed by atoms with E-state index < -0.39 is 10.0 Å². The van der Waals surface area contributed by atoms with Crippen LogP contribution in [0.15, 0.2) is 58.8 Å². The van der Waals surface area contributed by atoms with Crippen molar-refractivity contribution in [3.05, 3.63) is 59.9 Å². The van der Waals surface area contributed by atoms with E-state index in [2.05, 4.69) is 15.5 Å². The van der Waals surface area contributed by atoms with Crippen LogP contribution in [-0.4, -0.2) is 41.9 Å². The number of amides is 1. The van der Waals surface area contributed by atoms with Gasteiger partial charge in [0.25, 0.3) is 5.91 Å². The Morgan fingerprint density at radius 2 is 1.89 bits per heavy atom. The van der Waals surface area contributed by atoms with Crippen LogP contribution >= 0.6 is 0 Å². The lowest BCUT2D eigenvalue weighted by Gasteiger charge is -2.24. The molecule has 1 aromatic carbocycles. The Balaban J connectivity index is 1.67. The molecule has 1 aliphatic rings. The molecule has 1 amide bonds. The van der Waals surface area contributed by atoms with Crippen molar-refractivity contribution in [3.8, 4) is 0 Å². The van der Waals surface area contributed by atoms with E-state index in [0.717, 1.165) is 18.4 Å². The van der Waals surface area contributed by atoms with E-state index >= 15 is 0 Å². The van der Waals surface area contributed by atoms with Gasteiger partial charge in [0.15, 0.2) is 0 Å². The van der Waals surface area contributed by atoms with Gasteiger partial charge >= 0.3 is 0 Å². The fraction of sp³-hybridized carbons (Fsp3) is 0.350. The van der Waals surface area contributed by atoms with E-state index in [9.17, 15) is 13.2 Å². The second-order valence-electron chi connectivity index (χ2n) is 6.95. The molecule has 28 heavy (non-hydrogen) atoms. The van der Waals surface area contributed by atoms with E-state index in [1.54, 1.807) is 47.6 Å². The molecule has 1 atom stereocenters. The van der Waals surface area contributed by atoms with Crippen molar-refractivity contribution in [1.29, 1.82) is 0 Å². The molecule has 0 radical (unpaired) electrons. The molecule has 0 spiro atoms. The third kappa shape index (κ3) is 4.63. The van der Waals surface area contributed by atoms with Gasteiger partial charge in [0, 0.05) is 42.7 Å². The Kier molecular flexibility index (Phi) is 6.21. The lowest BCUT2D eigenvalue weighted by Crippen LogP contribution is -2.36. The van der Waals surface area contributed by atoms with Crippen LogP contribution in [0.3, 0.4) is 0 Å². The quantitative estimate of drug-likeness (QED) is 0.596. The molecule has 0 aliphatic carbocycles. The molecule has 2 heterocycles. The summed E-state index contributed by atoms with van der Waals surface area (Å²) in [4.78, 5) is 16.3. The van der Waals surface area contributed by atoms with Crippen LogP contribution in [0.5, 0.6) is 0 Å². The number of nitrogens with zero attached hydrogens (tertiary/aromatic N) is 3. The summed E-state index contributed by atoms with van der Waals surface area (Å²) >= 11 is 0. The number of aryl methyl sites for hydroxylation is 1. The van der Waals surface area contributed by atoms with E-state index in [1.807, 2.05) is 6.92 Å². The fourth-order valence-corrected chi connectivity index (χ4v) is 4.97. The number of rotatable bonds is 6. The van der Waals surface area contributed by atoms with Gasteiger partial charge in [-0.25, -0.2) is 13.8 Å². The molecule has 8 heteroatoms. The first-order chi connectivity index (χ1) is 13.4. The minimum Gasteiger partial charge on any atom is -0.267 e. The average Bonchev–Trinajstić information content (AvgIpc) is 3.16. The fourth-order valence-electron chi connectivity index (χ4n) is 3.28. The van der Waals surface area contributed by atoms with E-state index in [-0.39, 0.29) is 11.9 Å². The molecule has 1 unspecified atom stereocenters. The predicted molar refractivity (Wildman–Crippen MR) is 108 cm³/mol. The van der Waals surface area contributed by atoms with Crippen molar-refractivity contribution in [2.24, 2.45) is 5.10 Å². The number of pyridine rings is 1. The summed E-state index contributed by atoms with van der Waals surface area (Å²) in [5, 5.41) is 4.14. The number of benzene rings is 1. The second kappa shape index (κ2) is 8.62. The summed E-state index contributed by atoms with van der Waals surface area (Å²) in [5.41, 5.74) is 4.68. The SMILES string of the molecule is C/C(CC1CCCN1S(=O)(=O)c1ccc(C)cc1)=N\NC(=O)c1ccncc1. The second-order valence-corrected chi connectivity index (χ2v) is 8.84. The molecular formula is C20H24N4O3S. The number of carbonyl (C=O) groups is 1. The van der Waals surface area contributed by atoms with Gasteiger partial charge in [-0.1, -0.05) is 17.7 Å². The highest BCUT2D eigenvalue weighted by Crippen LogP contribution is 2.28. The predicted octanol–water partition coefficient (Wildman–Crippen LogP) is 2.74. The van der Waals surface area contributed by atoms with Gasteiger partial charge < -0.3 is 0 Å². The third-order valence-electron chi connectivity index (χ3n) is 4.77. The first kappa shape index (κ1) is 20.2. The van der Waals surface area contributed by atoms with Crippen LogP contribution in [0.25, 0.3) is 0 Å². The third-order valence-corrected chi connectivity index (χ3v) is 6.74. The van der Waals surface area contributed by atoms with Gasteiger partial charge in [-0.15, -0.1) is 0 Å². The number of hydrazone groups is 1. The zero-order valence-electron chi connectivity index (χ0n) is 16.0. The molecule has 1 aromatic heterocycles. The minimum absolute atomic E-state index is 0.159. The average molecular weight is 401 g/mol. The van der Waals surface area contributed by atoms with Crippen LogP contribution in [0.1, 0.15) is 42.1 Å². The van der Waals surface area contributed by atoms with Gasteiger partial charge in [-0.05, 0) is 51.0 Å². The van der Waals surface area contributed by atoms with Gasteiger partial charge in [0.1, 0.15) is 0 Å². The number of aromatic nitrogens is 1. The van der Waals surface area contributed by atoms with E-state index in [0.29, 0.717) is 29.1 Å². The molecular weight excluding hydrogens is 376 g/mol. The number of nitrogens with one attached hydrogen (secondary N) is 1. The highest BCUT2D eigenvalue weighted by molar-refractivity contribution is 7.89. The Morgan fingerprint density at radius 1 is 1.21 bits per heavy atom. The lowest BCUT2D eigenvalue weighted by molar-refractivity contribution is 0.0954. The van der Waals surface area contributed by atoms with Crippen LogP contribution in [-0.2, 0) is 10.0 Å². The smallest absolute Gasteiger partial charge is 0.267 e. The minimum atomic E-state index is -3.54. The molecule has 1 fully saturated rings. The van der Waals surface area contributed by atoms with Gasteiger partial charge in [0.2, 0.25) is 10.0 Å². The molecule has 1 saturated heterocycles. The van der Waals surface area contributed by atoms with Crippen molar-refractivity contribution in [3.63, 3.8) is 0 Å². The number of hydrogen-bond acceptors (Lipinski definition) is 5. The molecule has 148 valence electrons. The van der Waals surface area contributed by atoms with Gasteiger partial charge in [-0.3, -0.25) is 9.78 Å². The standard InChI is InChI=1S/C20H24N4O3S/c1-15-5-7-19(8-6-15)28(26,27)24-13-3-4-18(24)14-16(2)22-23-20(25)17-9-11-21-12-10-17/h5-12,18H,3-4,13-14H2,1-2H3,(H,23,25)/b22-16+. The van der Waals surface area contributed by atoms with Crippen LogP contribution in [0, 0.1) is 6.92 Å². The molecule has 1 aliphatic heterocycles. The monoisotopic (exact) mass is 400 g/mol. The lowest BCUT2D eigenvalue weighted by atomic mass is 10.1. The maximum absolute atomic E-state index is 13.0. The van der Waals surface area contributed by atoms with Gasteiger partial charge in [0.05, 0.1) is 4.90 Å². The normalized spacial score (nSPS) is 18.2. The van der Waals surface area contributed by atoms with E-state index in [1.165, 1.54) is 12.4 Å². The van der Waals surface area contributed by atoms with Gasteiger partial charge in [-0.2, -0.15) is 9.41 Å². The van der Waals surface area contributed by atoms with Crippen molar-refractivity contribution in [1.82, 2.24) is 14.7 Å². The van der Waals surface area contributed by atoms with Crippen LogP contribution < -0.4 is 5.43 Å². The zero-order chi connectivity index (χ0) is 20.1. The van der Waals surface area contributed by atoms with E-state index in [4.69, 9.17) is 0 Å². The summed E-state index contributed by atoms with van der Waals surface area (Å²) in [6.45, 7) is 4.22. The van der Waals surface area contributed by atoms with Crippen molar-refractivity contribution >= 4 is 21.6 Å². The van der Waals surface area contributed by atoms with Crippen LogP contribution in [0.4, 0.5) is 0 Å². The maximum Gasteiger partial charge on any atom is 0.271 e. The molecule has 0 saturated carbocycles. The largest absolute Gasteiger partial charge is 0.271 e. The number of hydrogen-bond donors (Lipinski definition) is 1. The van der Waals surface area contributed by atoms with Crippen molar-refractivity contribution in [2.45, 2.75) is 44.0 Å². The summed E-state index contributed by atoms with van der Waals surface area (Å²) < 4.78 is 27.6. The van der Waals surface area contributed by atoms with Crippen LogP contribution in [0.2, 0.25) is 0 Å². The summed E-state index contributed by atoms with van der Waals surface area (Å²) in [5.74, 6) is -0.322. The maximum atomic E-state index is 13.0. The summed E-state index contributed by atoms with van der Waals surface area (Å²) in [7, 11) is -3.54. The highest BCUT2D eigenvalue weighted by atomic mass is 32.2. The highest BCUT2D eigenvalue weighted by Gasteiger charge is 2.35. The Labute approximate surface area is 165 Å². The molecule has 2 aromatic rings. The number of sulfonamides is 1.